The zero-order chi connectivity index (χ0) is 36.3. The molecule has 2 aromatic heterocycles. The number of hydrogen-bond donors (Lipinski definition) is 0. The fourth-order valence-electron chi connectivity index (χ4n) is 8.08. The number of benzene rings is 9. The first kappa shape index (κ1) is 31.5. The summed E-state index contributed by atoms with van der Waals surface area (Å²) in [6.07, 6.45) is 0. The van der Waals surface area contributed by atoms with Gasteiger partial charge in [-0.2, -0.15) is 0 Å². The minimum atomic E-state index is 0.637. The Morgan fingerprint density at radius 3 is 1.73 bits per heavy atom. The van der Waals surface area contributed by atoms with Crippen LogP contribution in [0.2, 0.25) is 0 Å². The lowest BCUT2D eigenvalue weighted by Crippen LogP contribution is -2.01. The van der Waals surface area contributed by atoms with Crippen LogP contribution in [0.3, 0.4) is 0 Å². The van der Waals surface area contributed by atoms with Crippen LogP contribution in [-0.4, -0.2) is 15.0 Å². The molecule has 0 saturated heterocycles. The van der Waals surface area contributed by atoms with Crippen LogP contribution in [0, 0.1) is 0 Å². The highest BCUT2D eigenvalue weighted by atomic mass is 32.1. The number of nitrogens with zero attached hydrogens (tertiary/aromatic N) is 3. The maximum Gasteiger partial charge on any atom is 0.164 e. The van der Waals surface area contributed by atoms with E-state index in [-0.39, 0.29) is 0 Å². The van der Waals surface area contributed by atoms with E-state index in [1.807, 2.05) is 17.4 Å². The van der Waals surface area contributed by atoms with Crippen molar-refractivity contribution >= 4 is 63.8 Å². The molecular weight excluding hydrogens is 687 g/mol. The Morgan fingerprint density at radius 2 is 0.891 bits per heavy atom. The molecule has 0 atom stereocenters. The van der Waals surface area contributed by atoms with E-state index in [0.29, 0.717) is 17.5 Å². The quantitative estimate of drug-likeness (QED) is 0.131. The van der Waals surface area contributed by atoms with Gasteiger partial charge in [0.1, 0.15) is 0 Å². The van der Waals surface area contributed by atoms with Gasteiger partial charge >= 0.3 is 0 Å². The van der Waals surface area contributed by atoms with Crippen LogP contribution < -0.4 is 0 Å². The first-order valence-corrected chi connectivity index (χ1v) is 19.3. The summed E-state index contributed by atoms with van der Waals surface area (Å²) in [5.74, 6) is 1.93. The van der Waals surface area contributed by atoms with E-state index in [9.17, 15) is 0 Å². The second-order valence-electron chi connectivity index (χ2n) is 14.0. The second kappa shape index (κ2) is 12.8. The van der Waals surface area contributed by atoms with Gasteiger partial charge in [-0.05, 0) is 84.9 Å². The highest BCUT2D eigenvalue weighted by Crippen LogP contribution is 2.41. The molecule has 0 radical (unpaired) electrons. The average Bonchev–Trinajstić information content (AvgIpc) is 3.64. The first-order chi connectivity index (χ1) is 27.2. The molecule has 2 heterocycles. The van der Waals surface area contributed by atoms with Gasteiger partial charge < -0.3 is 0 Å². The molecule has 256 valence electrons. The zero-order valence-electron chi connectivity index (χ0n) is 29.6. The fraction of sp³-hybridized carbons (Fsp3) is 0. The number of aromatic nitrogens is 3. The molecule has 0 bridgehead atoms. The molecule has 0 saturated carbocycles. The Hall–Kier alpha value is -7.01. The van der Waals surface area contributed by atoms with Gasteiger partial charge in [0.05, 0.1) is 0 Å². The largest absolute Gasteiger partial charge is 0.208 e. The summed E-state index contributed by atoms with van der Waals surface area (Å²) in [6, 6.07) is 66.9. The number of rotatable bonds is 5. The van der Waals surface area contributed by atoms with Crippen molar-refractivity contribution < 1.29 is 0 Å². The summed E-state index contributed by atoms with van der Waals surface area (Å²) in [6.45, 7) is 0. The topological polar surface area (TPSA) is 38.7 Å². The zero-order valence-corrected chi connectivity index (χ0v) is 30.5. The van der Waals surface area contributed by atoms with Crippen molar-refractivity contribution in [1.29, 1.82) is 0 Å². The lowest BCUT2D eigenvalue weighted by atomic mass is 9.89. The number of hydrogen-bond acceptors (Lipinski definition) is 4. The van der Waals surface area contributed by atoms with Crippen molar-refractivity contribution in [3.63, 3.8) is 0 Å². The van der Waals surface area contributed by atoms with Crippen LogP contribution in [0.25, 0.3) is 109 Å². The molecule has 4 heteroatoms. The third kappa shape index (κ3) is 5.38. The summed E-state index contributed by atoms with van der Waals surface area (Å²) in [5.41, 5.74) is 7.44. The van der Waals surface area contributed by atoms with Gasteiger partial charge in [0.15, 0.2) is 17.5 Å². The maximum absolute atomic E-state index is 5.20. The molecule has 11 rings (SSSR count). The fourth-order valence-corrected chi connectivity index (χ4v) is 9.17. The maximum atomic E-state index is 5.20. The van der Waals surface area contributed by atoms with Crippen molar-refractivity contribution in [2.75, 3.05) is 0 Å². The first-order valence-electron chi connectivity index (χ1n) is 18.5. The predicted molar refractivity (Wildman–Crippen MR) is 232 cm³/mol. The van der Waals surface area contributed by atoms with Crippen molar-refractivity contribution in [1.82, 2.24) is 15.0 Å². The third-order valence-electron chi connectivity index (χ3n) is 10.7. The van der Waals surface area contributed by atoms with Gasteiger partial charge in [0.25, 0.3) is 0 Å². The molecule has 3 nitrogen and oxygen atoms in total. The van der Waals surface area contributed by atoms with Crippen LogP contribution in [-0.2, 0) is 0 Å². The van der Waals surface area contributed by atoms with Gasteiger partial charge in [-0.15, -0.1) is 11.3 Å². The Kier molecular flexibility index (Phi) is 7.35. The predicted octanol–water partition coefficient (Wildman–Crippen LogP) is 14.0. The molecule has 0 aliphatic carbocycles. The van der Waals surface area contributed by atoms with Gasteiger partial charge in [-0.1, -0.05) is 158 Å². The van der Waals surface area contributed by atoms with Crippen LogP contribution in [0.4, 0.5) is 0 Å². The molecular formula is C51H31N3S. The van der Waals surface area contributed by atoms with Crippen molar-refractivity contribution in [2.24, 2.45) is 0 Å². The summed E-state index contributed by atoms with van der Waals surface area (Å²) in [4.78, 5) is 15.6. The van der Waals surface area contributed by atoms with E-state index in [4.69, 9.17) is 15.0 Å². The van der Waals surface area contributed by atoms with E-state index in [1.165, 1.54) is 58.1 Å². The van der Waals surface area contributed by atoms with Crippen molar-refractivity contribution in [2.45, 2.75) is 0 Å². The summed E-state index contributed by atoms with van der Waals surface area (Å²) in [7, 11) is 0. The Labute approximate surface area is 321 Å². The van der Waals surface area contributed by atoms with E-state index in [1.54, 1.807) is 0 Å². The van der Waals surface area contributed by atoms with Gasteiger partial charge in [0.2, 0.25) is 0 Å². The van der Waals surface area contributed by atoms with Crippen molar-refractivity contribution in [3.8, 4) is 56.4 Å². The molecule has 0 N–H and O–H groups in total. The Balaban J connectivity index is 1.10. The lowest BCUT2D eigenvalue weighted by molar-refractivity contribution is 1.07. The van der Waals surface area contributed by atoms with E-state index >= 15 is 0 Å². The van der Waals surface area contributed by atoms with Crippen LogP contribution in [0.1, 0.15) is 0 Å². The Bertz CT molecular complexity index is 3260. The third-order valence-corrected chi connectivity index (χ3v) is 11.9. The van der Waals surface area contributed by atoms with Crippen molar-refractivity contribution in [3.05, 3.63) is 188 Å². The molecule has 11 aromatic rings. The van der Waals surface area contributed by atoms with Crippen LogP contribution >= 0.6 is 11.3 Å². The van der Waals surface area contributed by atoms with Gasteiger partial charge in [-0.3, -0.25) is 0 Å². The molecule has 0 fully saturated rings. The molecule has 0 amide bonds. The van der Waals surface area contributed by atoms with Gasteiger partial charge in [0, 0.05) is 36.9 Å². The molecule has 0 aliphatic heterocycles. The molecule has 55 heavy (non-hydrogen) atoms. The standard InChI is InChI=1S/C51H31N3S/c1-2-12-32(13-3-1)38-16-8-9-20-43(38)51-53-49(52-50(54-51)37-27-29-47-45(31-37)41-19-10-11-21-46(41)55-47)35-24-22-34(23-25-35)48-40-18-7-5-15-36(40)30-44-39-17-6-4-14-33(39)26-28-42(44)48/h1-31H. The molecule has 0 unspecified atom stereocenters. The molecule has 9 aromatic carbocycles. The summed E-state index contributed by atoms with van der Waals surface area (Å²) in [5, 5.41) is 9.93. The highest BCUT2D eigenvalue weighted by Gasteiger charge is 2.18. The molecule has 0 spiro atoms. The van der Waals surface area contributed by atoms with E-state index in [2.05, 4.69) is 182 Å². The van der Waals surface area contributed by atoms with E-state index in [0.717, 1.165) is 33.4 Å². The van der Waals surface area contributed by atoms with Gasteiger partial charge in [-0.25, -0.2) is 15.0 Å². The number of thiophene rings is 1. The minimum absolute atomic E-state index is 0.637. The SMILES string of the molecule is c1ccc(-c2ccccc2-c2nc(-c3ccc(-c4c5ccccc5cc5c4ccc4ccccc45)cc3)nc(-c3ccc4sc5ccccc5c4c3)n2)cc1. The smallest absolute Gasteiger partial charge is 0.164 e. The monoisotopic (exact) mass is 717 g/mol. The second-order valence-corrected chi connectivity index (χ2v) is 15.0. The van der Waals surface area contributed by atoms with Crippen LogP contribution in [0.5, 0.6) is 0 Å². The normalized spacial score (nSPS) is 11.6. The lowest BCUT2D eigenvalue weighted by Gasteiger charge is -2.15. The summed E-state index contributed by atoms with van der Waals surface area (Å²) < 4.78 is 2.52. The average molecular weight is 718 g/mol. The van der Waals surface area contributed by atoms with E-state index < -0.39 is 0 Å². The summed E-state index contributed by atoms with van der Waals surface area (Å²) >= 11 is 1.81. The minimum Gasteiger partial charge on any atom is -0.208 e. The highest BCUT2D eigenvalue weighted by molar-refractivity contribution is 7.25. The van der Waals surface area contributed by atoms with Crippen LogP contribution in [0.15, 0.2) is 188 Å². The molecule has 0 aliphatic rings. The number of fused-ring (bicyclic) bond motifs is 7. The Morgan fingerprint density at radius 1 is 0.291 bits per heavy atom.